The molecule has 2 N–H and O–H groups in total. The Hall–Kier alpha value is -2.75. The summed E-state index contributed by atoms with van der Waals surface area (Å²) < 4.78 is 5.55. The minimum atomic E-state index is -0.881. The maximum atomic E-state index is 11.5. The number of carboxylic acid groups (broad SMARTS) is 1. The van der Waals surface area contributed by atoms with Crippen molar-refractivity contribution < 1.29 is 14.6 Å². The van der Waals surface area contributed by atoms with Gasteiger partial charge < -0.3 is 15.2 Å². The number of ether oxygens (including phenoxy) is 1. The fourth-order valence-corrected chi connectivity index (χ4v) is 4.31. The maximum Gasteiger partial charge on any atom is 0.336 e. The molecule has 0 fully saturated rings. The summed E-state index contributed by atoms with van der Waals surface area (Å²) in [6, 6.07) is 12.1. The number of fused-ring (bicyclic) bond motifs is 3. The van der Waals surface area contributed by atoms with Crippen LogP contribution in [0.25, 0.3) is 0 Å². The van der Waals surface area contributed by atoms with Crippen molar-refractivity contribution in [3.63, 3.8) is 0 Å². The van der Waals surface area contributed by atoms with Crippen molar-refractivity contribution in [3.05, 3.63) is 70.8 Å². The van der Waals surface area contributed by atoms with E-state index in [0.717, 1.165) is 23.4 Å². The average molecular weight is 349 g/mol. The van der Waals surface area contributed by atoms with Crippen molar-refractivity contribution in [2.45, 2.75) is 32.2 Å². The number of benzene rings is 2. The Labute approximate surface area is 153 Å². The van der Waals surface area contributed by atoms with Gasteiger partial charge in [-0.25, -0.2) is 4.79 Å². The lowest BCUT2D eigenvalue weighted by molar-refractivity contribution is 0.0696. The zero-order valence-electron chi connectivity index (χ0n) is 15.0. The van der Waals surface area contributed by atoms with Crippen LogP contribution in [0.5, 0.6) is 5.75 Å². The van der Waals surface area contributed by atoms with Gasteiger partial charge in [-0.2, -0.15) is 0 Å². The van der Waals surface area contributed by atoms with Crippen LogP contribution < -0.4 is 10.1 Å². The highest BCUT2D eigenvalue weighted by Crippen LogP contribution is 2.51. The summed E-state index contributed by atoms with van der Waals surface area (Å²) in [5.41, 5.74) is 4.55. The first-order chi connectivity index (χ1) is 12.6. The number of carboxylic acids is 1. The van der Waals surface area contributed by atoms with Crippen LogP contribution in [-0.4, -0.2) is 17.7 Å². The number of allylic oxidation sites excluding steroid dienone is 2. The zero-order chi connectivity index (χ0) is 18.3. The predicted octanol–water partition coefficient (Wildman–Crippen LogP) is 4.92. The van der Waals surface area contributed by atoms with Gasteiger partial charge in [-0.1, -0.05) is 30.4 Å². The Morgan fingerprint density at radius 3 is 2.69 bits per heavy atom. The second-order valence-corrected chi connectivity index (χ2v) is 6.99. The minimum absolute atomic E-state index is 0.154. The van der Waals surface area contributed by atoms with Crippen LogP contribution >= 0.6 is 0 Å². The van der Waals surface area contributed by atoms with Gasteiger partial charge in [0.05, 0.1) is 18.2 Å². The number of rotatable bonds is 4. The van der Waals surface area contributed by atoms with E-state index in [4.69, 9.17) is 4.74 Å². The second kappa shape index (κ2) is 6.52. The van der Waals surface area contributed by atoms with Gasteiger partial charge in [-0.15, -0.1) is 0 Å². The molecule has 0 radical (unpaired) electrons. The van der Waals surface area contributed by atoms with Gasteiger partial charge in [0.2, 0.25) is 0 Å². The molecule has 0 bridgehead atoms. The minimum Gasteiger partial charge on any atom is -0.494 e. The molecule has 1 heterocycles. The third-order valence-corrected chi connectivity index (χ3v) is 5.58. The van der Waals surface area contributed by atoms with Crippen molar-refractivity contribution in [2.75, 3.05) is 11.9 Å². The molecule has 4 heteroatoms. The van der Waals surface area contributed by atoms with Crippen LogP contribution in [-0.2, 0) is 0 Å². The predicted molar refractivity (Wildman–Crippen MR) is 102 cm³/mol. The lowest BCUT2D eigenvalue weighted by Gasteiger charge is -2.38. The number of anilines is 1. The normalized spacial score (nSPS) is 23.1. The van der Waals surface area contributed by atoms with Crippen molar-refractivity contribution in [1.82, 2.24) is 0 Å². The summed E-state index contributed by atoms with van der Waals surface area (Å²) in [4.78, 5) is 11.5. The summed E-state index contributed by atoms with van der Waals surface area (Å²) in [5.74, 6) is 0.756. The number of hydrogen-bond acceptors (Lipinski definition) is 3. The molecule has 3 atom stereocenters. The molecule has 4 rings (SSSR count). The Morgan fingerprint density at radius 1 is 1.23 bits per heavy atom. The molecule has 1 aliphatic heterocycles. The van der Waals surface area contributed by atoms with E-state index < -0.39 is 5.97 Å². The summed E-state index contributed by atoms with van der Waals surface area (Å²) in [5, 5.41) is 13.1. The third-order valence-electron chi connectivity index (χ3n) is 5.58. The first-order valence-corrected chi connectivity index (χ1v) is 9.13. The van der Waals surface area contributed by atoms with E-state index in [1.54, 1.807) is 6.07 Å². The number of nitrogens with one attached hydrogen (secondary N) is 1. The lowest BCUT2D eigenvalue weighted by Crippen LogP contribution is -2.30. The van der Waals surface area contributed by atoms with E-state index in [1.165, 1.54) is 11.1 Å². The number of hydrogen-bond donors (Lipinski definition) is 2. The van der Waals surface area contributed by atoms with Crippen molar-refractivity contribution >= 4 is 11.7 Å². The van der Waals surface area contributed by atoms with Gasteiger partial charge in [0.15, 0.2) is 0 Å². The van der Waals surface area contributed by atoms with E-state index in [0.29, 0.717) is 24.0 Å². The monoisotopic (exact) mass is 349 g/mol. The van der Waals surface area contributed by atoms with Crippen molar-refractivity contribution in [3.8, 4) is 5.75 Å². The summed E-state index contributed by atoms with van der Waals surface area (Å²) in [7, 11) is 0. The average Bonchev–Trinajstić information content (AvgIpc) is 3.12. The smallest absolute Gasteiger partial charge is 0.336 e. The molecule has 2 aliphatic rings. The van der Waals surface area contributed by atoms with Crippen LogP contribution in [0, 0.1) is 12.8 Å². The fourth-order valence-electron chi connectivity index (χ4n) is 4.31. The van der Waals surface area contributed by atoms with Gasteiger partial charge in [0.25, 0.3) is 0 Å². The van der Waals surface area contributed by atoms with Crippen molar-refractivity contribution in [1.29, 1.82) is 0 Å². The van der Waals surface area contributed by atoms with Crippen LogP contribution in [0.2, 0.25) is 0 Å². The first-order valence-electron chi connectivity index (χ1n) is 9.13. The molecule has 4 nitrogen and oxygen atoms in total. The SMILES string of the molecule is CCOc1ccc([C@@H]2Nc3c(ccc(C(=O)O)c3C)[C@@H]3C=CC[C@@H]32)cc1. The second-order valence-electron chi connectivity index (χ2n) is 6.99. The number of aromatic carboxylic acids is 1. The molecule has 0 saturated carbocycles. The summed E-state index contributed by atoms with van der Waals surface area (Å²) in [6.45, 7) is 4.52. The van der Waals surface area contributed by atoms with E-state index in [1.807, 2.05) is 32.0 Å². The highest BCUT2D eigenvalue weighted by atomic mass is 16.5. The van der Waals surface area contributed by atoms with Crippen LogP contribution in [0.15, 0.2) is 48.6 Å². The van der Waals surface area contributed by atoms with E-state index in [2.05, 4.69) is 29.6 Å². The molecule has 2 aromatic rings. The van der Waals surface area contributed by atoms with Gasteiger partial charge >= 0.3 is 5.97 Å². The van der Waals surface area contributed by atoms with Crippen LogP contribution in [0.1, 0.15) is 52.4 Å². The Balaban J connectivity index is 1.75. The Morgan fingerprint density at radius 2 is 2.00 bits per heavy atom. The quantitative estimate of drug-likeness (QED) is 0.769. The molecular weight excluding hydrogens is 326 g/mol. The molecule has 1 aliphatic carbocycles. The van der Waals surface area contributed by atoms with Gasteiger partial charge in [-0.05, 0) is 61.1 Å². The highest BCUT2D eigenvalue weighted by Gasteiger charge is 2.38. The van der Waals surface area contributed by atoms with Gasteiger partial charge in [-0.3, -0.25) is 0 Å². The molecule has 26 heavy (non-hydrogen) atoms. The van der Waals surface area contributed by atoms with E-state index in [9.17, 15) is 9.90 Å². The molecule has 2 aromatic carbocycles. The lowest BCUT2D eigenvalue weighted by atomic mass is 9.76. The molecule has 0 aromatic heterocycles. The fraction of sp³-hybridized carbons (Fsp3) is 0.318. The molecular formula is C22H23NO3. The van der Waals surface area contributed by atoms with Gasteiger partial charge in [0.1, 0.15) is 5.75 Å². The molecule has 0 unspecified atom stereocenters. The van der Waals surface area contributed by atoms with E-state index in [-0.39, 0.29) is 6.04 Å². The van der Waals surface area contributed by atoms with Crippen LogP contribution in [0.4, 0.5) is 5.69 Å². The first kappa shape index (κ1) is 16.7. The summed E-state index contributed by atoms with van der Waals surface area (Å²) in [6.07, 6.45) is 5.54. The molecule has 0 spiro atoms. The topological polar surface area (TPSA) is 58.6 Å². The Bertz CT molecular complexity index is 870. The molecule has 0 amide bonds. The van der Waals surface area contributed by atoms with E-state index >= 15 is 0 Å². The Kier molecular flexibility index (Phi) is 4.19. The molecule has 134 valence electrons. The van der Waals surface area contributed by atoms with Crippen LogP contribution in [0.3, 0.4) is 0 Å². The largest absolute Gasteiger partial charge is 0.494 e. The van der Waals surface area contributed by atoms with Crippen molar-refractivity contribution in [2.24, 2.45) is 5.92 Å². The third kappa shape index (κ3) is 2.66. The molecule has 0 saturated heterocycles. The number of carbonyl (C=O) groups is 1. The summed E-state index contributed by atoms with van der Waals surface area (Å²) >= 11 is 0. The zero-order valence-corrected chi connectivity index (χ0v) is 15.0. The maximum absolute atomic E-state index is 11.5. The standard InChI is InChI=1S/C22H23NO3/c1-3-26-15-9-7-14(8-10-15)21-18-6-4-5-17(18)19-12-11-16(22(24)25)13(2)20(19)23-21/h4-5,7-12,17-18,21,23H,3,6H2,1-2H3,(H,24,25)/t17-,18+,21+/m1/s1. The highest BCUT2D eigenvalue weighted by molar-refractivity contribution is 5.92. The van der Waals surface area contributed by atoms with Gasteiger partial charge in [0, 0.05) is 11.6 Å².